The quantitative estimate of drug-likeness (QED) is 0.630. The van der Waals surface area contributed by atoms with E-state index in [4.69, 9.17) is 25.5 Å². The van der Waals surface area contributed by atoms with Gasteiger partial charge in [-0.2, -0.15) is 0 Å². The Balaban J connectivity index is 1.80. The summed E-state index contributed by atoms with van der Waals surface area (Å²) in [5.74, 6) is 0.00497. The average molecular weight is 428 g/mol. The SMILES string of the molecule is Cc1cc(C)c2oc(-c3ccccc3Cl)c(OCC(=O)N3CCOCC3)c(=O)c2c1. The predicted molar refractivity (Wildman–Crippen MR) is 115 cm³/mol. The summed E-state index contributed by atoms with van der Waals surface area (Å²) >= 11 is 6.38. The molecule has 1 aromatic heterocycles. The number of fused-ring (bicyclic) bond motifs is 1. The van der Waals surface area contributed by atoms with Crippen molar-refractivity contribution in [3.05, 3.63) is 62.8 Å². The second-order valence-corrected chi connectivity index (χ2v) is 7.72. The van der Waals surface area contributed by atoms with Crippen molar-refractivity contribution in [2.75, 3.05) is 32.9 Å². The lowest BCUT2D eigenvalue weighted by Gasteiger charge is -2.26. The van der Waals surface area contributed by atoms with E-state index in [-0.39, 0.29) is 29.5 Å². The topological polar surface area (TPSA) is 69.0 Å². The Morgan fingerprint density at radius 1 is 1.17 bits per heavy atom. The van der Waals surface area contributed by atoms with E-state index in [1.165, 1.54) is 0 Å². The zero-order chi connectivity index (χ0) is 21.3. The number of carbonyl (C=O) groups is 1. The van der Waals surface area contributed by atoms with E-state index in [1.807, 2.05) is 19.9 Å². The van der Waals surface area contributed by atoms with Gasteiger partial charge in [0.05, 0.1) is 23.6 Å². The maximum atomic E-state index is 13.4. The minimum Gasteiger partial charge on any atom is -0.476 e. The third kappa shape index (κ3) is 3.93. The molecule has 1 saturated heterocycles. The summed E-state index contributed by atoms with van der Waals surface area (Å²) in [6.45, 7) is 5.53. The molecule has 3 aromatic rings. The van der Waals surface area contributed by atoms with Crippen LogP contribution in [0, 0.1) is 13.8 Å². The molecule has 2 heterocycles. The molecule has 0 radical (unpaired) electrons. The molecule has 1 amide bonds. The van der Waals surface area contributed by atoms with Crippen molar-refractivity contribution in [2.45, 2.75) is 13.8 Å². The van der Waals surface area contributed by atoms with Crippen LogP contribution in [0.5, 0.6) is 5.75 Å². The summed E-state index contributed by atoms with van der Waals surface area (Å²) < 4.78 is 17.2. The molecule has 0 spiro atoms. The first-order valence-electron chi connectivity index (χ1n) is 9.77. The third-order valence-electron chi connectivity index (χ3n) is 5.10. The van der Waals surface area contributed by atoms with Crippen LogP contribution in [0.1, 0.15) is 11.1 Å². The van der Waals surface area contributed by atoms with E-state index >= 15 is 0 Å². The summed E-state index contributed by atoms with van der Waals surface area (Å²) in [6.07, 6.45) is 0. The molecule has 6 nitrogen and oxygen atoms in total. The van der Waals surface area contributed by atoms with Crippen LogP contribution in [0.3, 0.4) is 0 Å². The van der Waals surface area contributed by atoms with Crippen LogP contribution >= 0.6 is 11.6 Å². The van der Waals surface area contributed by atoms with Gasteiger partial charge in [-0.15, -0.1) is 0 Å². The predicted octanol–water partition coefficient (Wildman–Crippen LogP) is 3.97. The summed E-state index contributed by atoms with van der Waals surface area (Å²) in [7, 11) is 0. The standard InChI is InChI=1S/C23H22ClNO5/c1-14-11-15(2)21-17(12-14)20(27)23(22(30-21)16-5-3-4-6-18(16)24)29-13-19(26)25-7-9-28-10-8-25/h3-6,11-12H,7-10,13H2,1-2H3. The number of hydrogen-bond donors (Lipinski definition) is 0. The molecule has 0 atom stereocenters. The molecule has 0 aliphatic carbocycles. The Morgan fingerprint density at radius 3 is 2.63 bits per heavy atom. The van der Waals surface area contributed by atoms with Gasteiger partial charge in [-0.1, -0.05) is 29.8 Å². The largest absolute Gasteiger partial charge is 0.476 e. The molecule has 0 unspecified atom stereocenters. The van der Waals surface area contributed by atoms with Crippen LogP contribution in [0.4, 0.5) is 0 Å². The van der Waals surface area contributed by atoms with Crippen LogP contribution in [-0.4, -0.2) is 43.7 Å². The number of halogens is 1. The number of morpholine rings is 1. The molecular formula is C23H22ClNO5. The lowest BCUT2D eigenvalue weighted by atomic mass is 10.1. The van der Waals surface area contributed by atoms with Crippen molar-refractivity contribution < 1.29 is 18.7 Å². The number of ether oxygens (including phenoxy) is 2. The normalized spacial score (nSPS) is 14.2. The van der Waals surface area contributed by atoms with Gasteiger partial charge in [-0.3, -0.25) is 9.59 Å². The molecule has 30 heavy (non-hydrogen) atoms. The van der Waals surface area contributed by atoms with Crippen molar-refractivity contribution in [1.82, 2.24) is 4.90 Å². The van der Waals surface area contributed by atoms with Gasteiger partial charge in [-0.05, 0) is 43.2 Å². The molecule has 156 valence electrons. The highest BCUT2D eigenvalue weighted by molar-refractivity contribution is 6.33. The maximum absolute atomic E-state index is 13.4. The highest BCUT2D eigenvalue weighted by Crippen LogP contribution is 2.36. The fourth-order valence-electron chi connectivity index (χ4n) is 3.62. The zero-order valence-electron chi connectivity index (χ0n) is 16.9. The molecular weight excluding hydrogens is 406 g/mol. The summed E-state index contributed by atoms with van der Waals surface area (Å²) in [4.78, 5) is 27.6. The zero-order valence-corrected chi connectivity index (χ0v) is 17.6. The monoisotopic (exact) mass is 427 g/mol. The second kappa shape index (κ2) is 8.50. The Labute approximate surface area is 179 Å². The van der Waals surface area contributed by atoms with E-state index in [0.717, 1.165) is 11.1 Å². The number of benzene rings is 2. The first kappa shape index (κ1) is 20.4. The fourth-order valence-corrected chi connectivity index (χ4v) is 3.85. The molecule has 7 heteroatoms. The minimum absolute atomic E-state index is 0.0118. The van der Waals surface area contributed by atoms with Crippen LogP contribution in [0.2, 0.25) is 5.02 Å². The Kier molecular flexibility index (Phi) is 5.79. The molecule has 4 rings (SSSR count). The Hall–Kier alpha value is -2.83. The lowest BCUT2D eigenvalue weighted by Crippen LogP contribution is -2.43. The van der Waals surface area contributed by atoms with Crippen LogP contribution in [0.25, 0.3) is 22.3 Å². The van der Waals surface area contributed by atoms with E-state index in [0.29, 0.717) is 47.9 Å². The smallest absolute Gasteiger partial charge is 0.260 e. The Bertz CT molecular complexity index is 1160. The van der Waals surface area contributed by atoms with Crippen LogP contribution < -0.4 is 10.2 Å². The molecule has 1 aliphatic heterocycles. The van der Waals surface area contributed by atoms with Gasteiger partial charge in [0.15, 0.2) is 12.4 Å². The van der Waals surface area contributed by atoms with Gasteiger partial charge in [-0.25, -0.2) is 0 Å². The van der Waals surface area contributed by atoms with Crippen molar-refractivity contribution in [2.24, 2.45) is 0 Å². The van der Waals surface area contributed by atoms with Gasteiger partial charge in [0, 0.05) is 18.7 Å². The van der Waals surface area contributed by atoms with E-state index in [1.54, 1.807) is 35.2 Å². The number of hydrogen-bond acceptors (Lipinski definition) is 5. The van der Waals surface area contributed by atoms with Crippen molar-refractivity contribution in [3.8, 4) is 17.1 Å². The van der Waals surface area contributed by atoms with Gasteiger partial charge in [0.25, 0.3) is 5.91 Å². The van der Waals surface area contributed by atoms with Crippen molar-refractivity contribution in [3.63, 3.8) is 0 Å². The molecule has 0 N–H and O–H groups in total. The number of nitrogens with zero attached hydrogens (tertiary/aromatic N) is 1. The van der Waals surface area contributed by atoms with Gasteiger partial charge >= 0.3 is 0 Å². The van der Waals surface area contributed by atoms with E-state index in [9.17, 15) is 9.59 Å². The third-order valence-corrected chi connectivity index (χ3v) is 5.43. The summed E-state index contributed by atoms with van der Waals surface area (Å²) in [5, 5.41) is 0.839. The average Bonchev–Trinajstić information content (AvgIpc) is 2.74. The van der Waals surface area contributed by atoms with Gasteiger partial charge in [0.2, 0.25) is 11.2 Å². The van der Waals surface area contributed by atoms with Crippen molar-refractivity contribution >= 4 is 28.5 Å². The fraction of sp³-hybridized carbons (Fsp3) is 0.304. The van der Waals surface area contributed by atoms with Crippen LogP contribution in [0.15, 0.2) is 45.6 Å². The summed E-state index contributed by atoms with van der Waals surface area (Å²) in [5.41, 5.74) is 2.46. The van der Waals surface area contributed by atoms with Crippen LogP contribution in [-0.2, 0) is 9.53 Å². The molecule has 0 bridgehead atoms. The lowest BCUT2D eigenvalue weighted by molar-refractivity contribution is -0.137. The first-order chi connectivity index (χ1) is 14.5. The maximum Gasteiger partial charge on any atom is 0.260 e. The number of aryl methyl sites for hydroxylation is 2. The molecule has 1 aliphatic rings. The highest BCUT2D eigenvalue weighted by Gasteiger charge is 2.23. The van der Waals surface area contributed by atoms with Gasteiger partial charge < -0.3 is 18.8 Å². The van der Waals surface area contributed by atoms with Crippen molar-refractivity contribution in [1.29, 1.82) is 0 Å². The molecule has 0 saturated carbocycles. The summed E-state index contributed by atoms with van der Waals surface area (Å²) in [6, 6.07) is 10.8. The number of carbonyl (C=O) groups excluding carboxylic acids is 1. The minimum atomic E-state index is -0.326. The molecule has 1 fully saturated rings. The highest BCUT2D eigenvalue weighted by atomic mass is 35.5. The van der Waals surface area contributed by atoms with Gasteiger partial charge in [0.1, 0.15) is 5.58 Å². The number of amides is 1. The molecule has 2 aromatic carbocycles. The van der Waals surface area contributed by atoms with E-state index in [2.05, 4.69) is 0 Å². The van der Waals surface area contributed by atoms with E-state index < -0.39 is 0 Å². The Morgan fingerprint density at radius 2 is 1.90 bits per heavy atom. The first-order valence-corrected chi connectivity index (χ1v) is 10.1. The second-order valence-electron chi connectivity index (χ2n) is 7.31. The number of rotatable bonds is 4.